The summed E-state index contributed by atoms with van der Waals surface area (Å²) >= 11 is 0. The lowest BCUT2D eigenvalue weighted by atomic mass is 10.1. The van der Waals surface area contributed by atoms with Crippen LogP contribution in [0.25, 0.3) is 0 Å². The average molecular weight is 374 g/mol. The number of hydrogen-bond donors (Lipinski definition) is 2. The molecular weight excluding hydrogens is 350 g/mol. The topological polar surface area (TPSA) is 95.1 Å². The van der Waals surface area contributed by atoms with Crippen LogP contribution in [0.2, 0.25) is 0 Å². The number of carbonyl (C=O) groups is 2. The highest BCUT2D eigenvalue weighted by atomic mass is 16.5. The number of ether oxygens (including phenoxy) is 2. The first kappa shape index (κ1) is 19.1. The van der Waals surface area contributed by atoms with Gasteiger partial charge in [-0.1, -0.05) is 17.3 Å². The van der Waals surface area contributed by atoms with Crippen molar-refractivity contribution in [1.29, 1.82) is 0 Å². The normalized spacial score (nSPS) is 15.9. The van der Waals surface area contributed by atoms with Gasteiger partial charge in [-0.3, -0.25) is 4.79 Å². The molecule has 1 amide bonds. The van der Waals surface area contributed by atoms with Gasteiger partial charge in [0.15, 0.2) is 11.9 Å². The van der Waals surface area contributed by atoms with Gasteiger partial charge in [0.2, 0.25) is 0 Å². The summed E-state index contributed by atoms with van der Waals surface area (Å²) in [7, 11) is 0. The van der Waals surface area contributed by atoms with Crippen LogP contribution in [0.5, 0.6) is 0 Å². The van der Waals surface area contributed by atoms with Crippen molar-refractivity contribution in [3.63, 3.8) is 0 Å². The lowest BCUT2D eigenvalue weighted by Gasteiger charge is -2.23. The largest absolute Gasteiger partial charge is 0.449 e. The van der Waals surface area contributed by atoms with Gasteiger partial charge in [-0.15, -0.1) is 0 Å². The van der Waals surface area contributed by atoms with Crippen LogP contribution in [-0.2, 0) is 20.8 Å². The maximum atomic E-state index is 12.3. The van der Waals surface area contributed by atoms with Crippen molar-refractivity contribution >= 4 is 17.7 Å². The van der Waals surface area contributed by atoms with Crippen LogP contribution in [0, 0.1) is 6.92 Å². The Morgan fingerprint density at radius 1 is 1.26 bits per heavy atom. The summed E-state index contributed by atoms with van der Waals surface area (Å²) in [6, 6.07) is 8.87. The third kappa shape index (κ3) is 5.38. The lowest BCUT2D eigenvalue weighted by Crippen LogP contribution is -3.12. The number of amides is 1. The van der Waals surface area contributed by atoms with Gasteiger partial charge in [-0.25, -0.2) is 4.79 Å². The molecule has 1 aliphatic heterocycles. The van der Waals surface area contributed by atoms with E-state index in [-0.39, 0.29) is 5.82 Å². The number of nitrogens with zero attached hydrogens (tertiary/aromatic N) is 1. The van der Waals surface area contributed by atoms with Crippen LogP contribution in [0.15, 0.2) is 34.9 Å². The van der Waals surface area contributed by atoms with Gasteiger partial charge in [0, 0.05) is 11.6 Å². The zero-order chi connectivity index (χ0) is 19.2. The van der Waals surface area contributed by atoms with Gasteiger partial charge in [-0.2, -0.15) is 0 Å². The molecule has 3 rings (SSSR count). The minimum absolute atomic E-state index is 0.287. The molecule has 0 aliphatic carbocycles. The molecule has 2 aromatic rings. The van der Waals surface area contributed by atoms with E-state index in [2.05, 4.69) is 10.5 Å². The molecule has 1 aromatic carbocycles. The first-order valence-electron chi connectivity index (χ1n) is 8.96. The van der Waals surface area contributed by atoms with Crippen LogP contribution >= 0.6 is 0 Å². The maximum absolute atomic E-state index is 12.3. The van der Waals surface area contributed by atoms with Crippen molar-refractivity contribution in [2.45, 2.75) is 26.5 Å². The molecule has 1 aliphatic rings. The minimum Gasteiger partial charge on any atom is -0.449 e. The number of benzene rings is 1. The zero-order valence-corrected chi connectivity index (χ0v) is 15.5. The van der Waals surface area contributed by atoms with Crippen LogP contribution in [-0.4, -0.2) is 49.4 Å². The molecule has 8 heteroatoms. The first-order chi connectivity index (χ1) is 13.0. The smallest absolute Gasteiger partial charge is 0.338 e. The Balaban J connectivity index is 1.51. The molecule has 0 bridgehead atoms. The van der Waals surface area contributed by atoms with Crippen molar-refractivity contribution in [2.75, 3.05) is 31.6 Å². The lowest BCUT2D eigenvalue weighted by molar-refractivity contribution is -0.921. The molecule has 2 N–H and O–H groups in total. The van der Waals surface area contributed by atoms with Crippen molar-refractivity contribution in [1.82, 2.24) is 5.16 Å². The number of quaternary nitrogens is 1. The van der Waals surface area contributed by atoms with Crippen LogP contribution < -0.4 is 10.2 Å². The number of aromatic nitrogens is 1. The molecule has 2 heterocycles. The standard InChI is InChI=1S/C19H23N3O5/c1-13-11-17(21-27-13)20-18(23)14(2)26-19(24)16-5-3-15(4-6-16)12-22-7-9-25-10-8-22/h3-6,11,14H,7-10,12H2,1-2H3,(H,20,21,23)/p+1/t14-/m0/s1. The molecule has 1 aromatic heterocycles. The fraction of sp³-hybridized carbons (Fsp3) is 0.421. The molecule has 0 spiro atoms. The second kappa shape index (κ2) is 8.79. The van der Waals surface area contributed by atoms with E-state index < -0.39 is 18.0 Å². The maximum Gasteiger partial charge on any atom is 0.338 e. The van der Waals surface area contributed by atoms with Gasteiger partial charge in [-0.05, 0) is 26.0 Å². The predicted octanol–water partition coefficient (Wildman–Crippen LogP) is 0.582. The molecule has 27 heavy (non-hydrogen) atoms. The Bertz CT molecular complexity index is 781. The summed E-state index contributed by atoms with van der Waals surface area (Å²) in [4.78, 5) is 25.8. The summed E-state index contributed by atoms with van der Waals surface area (Å²) in [6.45, 7) is 7.67. The van der Waals surface area contributed by atoms with Crippen molar-refractivity contribution < 1.29 is 28.5 Å². The number of morpholine rings is 1. The highest BCUT2D eigenvalue weighted by Gasteiger charge is 2.20. The van der Waals surface area contributed by atoms with E-state index in [0.717, 1.165) is 38.4 Å². The Morgan fingerprint density at radius 2 is 1.96 bits per heavy atom. The highest BCUT2D eigenvalue weighted by molar-refractivity contribution is 5.96. The molecule has 0 unspecified atom stereocenters. The predicted molar refractivity (Wildman–Crippen MR) is 96.4 cm³/mol. The van der Waals surface area contributed by atoms with E-state index in [4.69, 9.17) is 14.0 Å². The van der Waals surface area contributed by atoms with Gasteiger partial charge in [0.25, 0.3) is 5.91 Å². The summed E-state index contributed by atoms with van der Waals surface area (Å²) < 4.78 is 15.5. The monoisotopic (exact) mass is 374 g/mol. The van der Waals surface area contributed by atoms with E-state index in [1.54, 1.807) is 25.1 Å². The molecule has 0 radical (unpaired) electrons. The van der Waals surface area contributed by atoms with Crippen LogP contribution in [0.3, 0.4) is 0 Å². The van der Waals surface area contributed by atoms with E-state index in [9.17, 15) is 9.59 Å². The summed E-state index contributed by atoms with van der Waals surface area (Å²) in [6.07, 6.45) is -0.952. The van der Waals surface area contributed by atoms with E-state index in [1.165, 1.54) is 11.8 Å². The molecule has 144 valence electrons. The SMILES string of the molecule is Cc1cc(NC(=O)[C@H](C)OC(=O)c2ccc(C[NH+]3CCOCC3)cc2)no1. The number of carbonyl (C=O) groups excluding carboxylic acids is 2. The van der Waals surface area contributed by atoms with Gasteiger partial charge < -0.3 is 24.2 Å². The Labute approximate surface area is 157 Å². The second-order valence-electron chi connectivity index (χ2n) is 6.60. The van der Waals surface area contributed by atoms with E-state index >= 15 is 0 Å². The minimum atomic E-state index is -0.952. The fourth-order valence-electron chi connectivity index (χ4n) is 2.82. The summed E-state index contributed by atoms with van der Waals surface area (Å²) in [5.74, 6) is -0.146. The number of rotatable bonds is 6. The quantitative estimate of drug-likeness (QED) is 0.719. The highest BCUT2D eigenvalue weighted by Crippen LogP contribution is 2.10. The summed E-state index contributed by atoms with van der Waals surface area (Å²) in [5.41, 5.74) is 1.56. The Morgan fingerprint density at radius 3 is 2.59 bits per heavy atom. The Kier molecular flexibility index (Phi) is 6.20. The third-order valence-electron chi connectivity index (χ3n) is 4.38. The zero-order valence-electron chi connectivity index (χ0n) is 15.5. The van der Waals surface area contributed by atoms with Crippen molar-refractivity contribution in [3.05, 3.63) is 47.2 Å². The fourth-order valence-corrected chi connectivity index (χ4v) is 2.82. The molecular formula is C19H24N3O5+. The van der Waals surface area contributed by atoms with Crippen molar-refractivity contribution in [3.8, 4) is 0 Å². The van der Waals surface area contributed by atoms with E-state index in [1.807, 2.05) is 12.1 Å². The van der Waals surface area contributed by atoms with Gasteiger partial charge in [0.1, 0.15) is 25.4 Å². The third-order valence-corrected chi connectivity index (χ3v) is 4.38. The van der Waals surface area contributed by atoms with Gasteiger partial charge >= 0.3 is 5.97 Å². The van der Waals surface area contributed by atoms with Crippen LogP contribution in [0.1, 0.15) is 28.6 Å². The van der Waals surface area contributed by atoms with Gasteiger partial charge in [0.05, 0.1) is 18.8 Å². The summed E-state index contributed by atoms with van der Waals surface area (Å²) in [5, 5.41) is 6.22. The first-order valence-corrected chi connectivity index (χ1v) is 8.96. The van der Waals surface area contributed by atoms with E-state index in [0.29, 0.717) is 11.3 Å². The van der Waals surface area contributed by atoms with Crippen molar-refractivity contribution in [2.24, 2.45) is 0 Å². The number of anilines is 1. The second-order valence-corrected chi connectivity index (χ2v) is 6.60. The molecule has 1 fully saturated rings. The molecule has 0 saturated carbocycles. The number of aryl methyl sites for hydroxylation is 1. The molecule has 1 saturated heterocycles. The number of hydrogen-bond acceptors (Lipinski definition) is 6. The molecule has 8 nitrogen and oxygen atoms in total. The van der Waals surface area contributed by atoms with Crippen LogP contribution in [0.4, 0.5) is 5.82 Å². The molecule has 1 atom stereocenters. The Hall–Kier alpha value is -2.71. The number of esters is 1. The average Bonchev–Trinajstić information content (AvgIpc) is 3.07. The number of nitrogens with one attached hydrogen (secondary N) is 2.